The Hall–Kier alpha value is -0.900. The van der Waals surface area contributed by atoms with Crippen LogP contribution in [0.5, 0.6) is 0 Å². The first kappa shape index (κ1) is 10.1. The molecule has 0 amide bonds. The van der Waals surface area contributed by atoms with Gasteiger partial charge in [0, 0.05) is 5.92 Å². The highest BCUT2D eigenvalue weighted by atomic mass is 16.5. The van der Waals surface area contributed by atoms with Gasteiger partial charge in [-0.15, -0.1) is 0 Å². The molecule has 0 radical (unpaired) electrons. The molecule has 64 valence electrons. The van der Waals surface area contributed by atoms with Gasteiger partial charge < -0.3 is 9.84 Å². The van der Waals surface area contributed by atoms with Gasteiger partial charge in [-0.25, -0.2) is 4.79 Å². The molecule has 4 nitrogen and oxygen atoms in total. The van der Waals surface area contributed by atoms with E-state index in [0.29, 0.717) is 0 Å². The lowest BCUT2D eigenvalue weighted by atomic mass is 10.1. The third-order valence-corrected chi connectivity index (χ3v) is 1.11. The lowest BCUT2D eigenvalue weighted by molar-refractivity contribution is -0.143. The van der Waals surface area contributed by atoms with Gasteiger partial charge in [-0.2, -0.15) is 0 Å². The van der Waals surface area contributed by atoms with Crippen molar-refractivity contribution < 1.29 is 19.4 Å². The van der Waals surface area contributed by atoms with Gasteiger partial charge in [0.05, 0.1) is 0 Å². The highest BCUT2D eigenvalue weighted by molar-refractivity contribution is 5.81. The standard InChI is InChI=1S/C7H12O4/c1-5(2)6(8)3-11-4-7(9)10/h5H,3-4H2,1-2H3,(H,9,10). The SMILES string of the molecule is CC(C)C(=O)COCC(=O)O. The van der Waals surface area contributed by atoms with Gasteiger partial charge in [0.15, 0.2) is 5.78 Å². The van der Waals surface area contributed by atoms with Crippen molar-refractivity contribution in [2.75, 3.05) is 13.2 Å². The van der Waals surface area contributed by atoms with Gasteiger partial charge >= 0.3 is 5.97 Å². The van der Waals surface area contributed by atoms with Crippen molar-refractivity contribution >= 4 is 11.8 Å². The predicted octanol–water partition coefficient (Wildman–Crippen LogP) is 0.313. The molecule has 0 aliphatic carbocycles. The van der Waals surface area contributed by atoms with Crippen LogP contribution in [0.3, 0.4) is 0 Å². The molecule has 0 aromatic carbocycles. The molecule has 0 unspecified atom stereocenters. The first-order valence-corrected chi connectivity index (χ1v) is 3.36. The normalized spacial score (nSPS) is 10.1. The number of ketones is 1. The fraction of sp³-hybridized carbons (Fsp3) is 0.714. The van der Waals surface area contributed by atoms with Crippen molar-refractivity contribution in [2.24, 2.45) is 5.92 Å². The molecular weight excluding hydrogens is 148 g/mol. The monoisotopic (exact) mass is 160 g/mol. The van der Waals surface area contributed by atoms with E-state index >= 15 is 0 Å². The van der Waals surface area contributed by atoms with Gasteiger partial charge in [-0.05, 0) is 0 Å². The topological polar surface area (TPSA) is 63.6 Å². The van der Waals surface area contributed by atoms with E-state index in [1.54, 1.807) is 13.8 Å². The molecule has 0 spiro atoms. The highest BCUT2D eigenvalue weighted by Crippen LogP contribution is 1.93. The number of Topliss-reactive ketones (excluding diaryl/α,β-unsaturated/α-hetero) is 1. The minimum atomic E-state index is -1.05. The summed E-state index contributed by atoms with van der Waals surface area (Å²) in [6.45, 7) is 2.97. The number of carboxylic acid groups (broad SMARTS) is 1. The van der Waals surface area contributed by atoms with Crippen LogP contribution in [0.25, 0.3) is 0 Å². The second-order valence-electron chi connectivity index (χ2n) is 2.51. The summed E-state index contributed by atoms with van der Waals surface area (Å²) in [5, 5.41) is 8.13. The van der Waals surface area contributed by atoms with Crippen molar-refractivity contribution in [1.82, 2.24) is 0 Å². The molecule has 0 fully saturated rings. The number of carbonyl (C=O) groups is 2. The fourth-order valence-electron chi connectivity index (χ4n) is 0.406. The zero-order valence-electron chi connectivity index (χ0n) is 6.66. The van der Waals surface area contributed by atoms with Gasteiger partial charge in [-0.1, -0.05) is 13.8 Å². The summed E-state index contributed by atoms with van der Waals surface area (Å²) in [6.07, 6.45) is 0. The zero-order chi connectivity index (χ0) is 8.85. The molecule has 0 aromatic heterocycles. The van der Waals surface area contributed by atoms with Crippen LogP contribution >= 0.6 is 0 Å². The third kappa shape index (κ3) is 5.54. The van der Waals surface area contributed by atoms with Crippen molar-refractivity contribution in [2.45, 2.75) is 13.8 Å². The van der Waals surface area contributed by atoms with Crippen LogP contribution in [0.1, 0.15) is 13.8 Å². The number of hydrogen-bond donors (Lipinski definition) is 1. The lowest BCUT2D eigenvalue weighted by Crippen LogP contribution is -2.17. The number of aliphatic carboxylic acids is 1. The number of carboxylic acids is 1. The summed E-state index contributed by atoms with van der Waals surface area (Å²) in [5.41, 5.74) is 0. The highest BCUT2D eigenvalue weighted by Gasteiger charge is 2.07. The van der Waals surface area contributed by atoms with Crippen molar-refractivity contribution in [3.8, 4) is 0 Å². The molecule has 0 saturated heterocycles. The van der Waals surface area contributed by atoms with E-state index in [-0.39, 0.29) is 18.3 Å². The van der Waals surface area contributed by atoms with Gasteiger partial charge in [0.2, 0.25) is 0 Å². The Morgan fingerprint density at radius 2 is 1.91 bits per heavy atom. The summed E-state index contributed by atoms with van der Waals surface area (Å²) >= 11 is 0. The van der Waals surface area contributed by atoms with E-state index in [9.17, 15) is 9.59 Å². The fourth-order valence-corrected chi connectivity index (χ4v) is 0.406. The third-order valence-electron chi connectivity index (χ3n) is 1.11. The zero-order valence-corrected chi connectivity index (χ0v) is 6.66. The second-order valence-corrected chi connectivity index (χ2v) is 2.51. The van der Waals surface area contributed by atoms with Gasteiger partial charge in [-0.3, -0.25) is 4.79 Å². The molecular formula is C7H12O4. The van der Waals surface area contributed by atoms with Gasteiger partial charge in [0.25, 0.3) is 0 Å². The summed E-state index contributed by atoms with van der Waals surface area (Å²) in [7, 11) is 0. The van der Waals surface area contributed by atoms with E-state index in [2.05, 4.69) is 4.74 Å². The number of carbonyl (C=O) groups excluding carboxylic acids is 1. The number of rotatable bonds is 5. The molecule has 11 heavy (non-hydrogen) atoms. The Balaban J connectivity index is 3.39. The van der Waals surface area contributed by atoms with Crippen molar-refractivity contribution in [3.63, 3.8) is 0 Å². The maximum absolute atomic E-state index is 10.8. The first-order valence-electron chi connectivity index (χ1n) is 3.36. The summed E-state index contributed by atoms with van der Waals surface area (Å²) < 4.78 is 4.57. The molecule has 1 N–H and O–H groups in total. The molecule has 0 aromatic rings. The van der Waals surface area contributed by atoms with Crippen LogP contribution in [0.2, 0.25) is 0 Å². The summed E-state index contributed by atoms with van der Waals surface area (Å²) in [6, 6.07) is 0. The smallest absolute Gasteiger partial charge is 0.329 e. The van der Waals surface area contributed by atoms with Crippen LogP contribution in [0.4, 0.5) is 0 Å². The van der Waals surface area contributed by atoms with Crippen LogP contribution in [-0.2, 0) is 14.3 Å². The van der Waals surface area contributed by atoms with E-state index in [1.165, 1.54) is 0 Å². The molecule has 4 heteroatoms. The van der Waals surface area contributed by atoms with Crippen molar-refractivity contribution in [3.05, 3.63) is 0 Å². The predicted molar refractivity (Wildman–Crippen MR) is 38.3 cm³/mol. The molecule has 0 aliphatic heterocycles. The molecule has 0 rings (SSSR count). The maximum Gasteiger partial charge on any atom is 0.329 e. The number of hydrogen-bond acceptors (Lipinski definition) is 3. The van der Waals surface area contributed by atoms with Gasteiger partial charge in [0.1, 0.15) is 13.2 Å². The average Bonchev–Trinajstić information content (AvgIpc) is 1.86. The Kier molecular flexibility index (Phi) is 4.45. The van der Waals surface area contributed by atoms with E-state index < -0.39 is 12.6 Å². The van der Waals surface area contributed by atoms with Crippen LogP contribution < -0.4 is 0 Å². The average molecular weight is 160 g/mol. The van der Waals surface area contributed by atoms with E-state index in [0.717, 1.165) is 0 Å². The number of ether oxygens (including phenoxy) is 1. The van der Waals surface area contributed by atoms with Crippen LogP contribution in [0.15, 0.2) is 0 Å². The molecule has 0 bridgehead atoms. The Bertz CT molecular complexity index is 151. The molecule has 0 heterocycles. The largest absolute Gasteiger partial charge is 0.480 e. The Labute approximate surface area is 65.2 Å². The summed E-state index contributed by atoms with van der Waals surface area (Å²) in [5.74, 6) is -1.23. The maximum atomic E-state index is 10.8. The van der Waals surface area contributed by atoms with E-state index in [1.807, 2.05) is 0 Å². The summed E-state index contributed by atoms with van der Waals surface area (Å²) in [4.78, 5) is 20.7. The minimum absolute atomic E-state index is 0.0775. The second kappa shape index (κ2) is 4.85. The quantitative estimate of drug-likeness (QED) is 0.628. The van der Waals surface area contributed by atoms with Crippen molar-refractivity contribution in [1.29, 1.82) is 0 Å². The Morgan fingerprint density at radius 1 is 1.36 bits per heavy atom. The van der Waals surface area contributed by atoms with Crippen LogP contribution in [0, 0.1) is 5.92 Å². The minimum Gasteiger partial charge on any atom is -0.480 e. The Morgan fingerprint density at radius 3 is 2.27 bits per heavy atom. The van der Waals surface area contributed by atoms with Crippen LogP contribution in [-0.4, -0.2) is 30.1 Å². The molecule has 0 atom stereocenters. The molecule has 0 aliphatic rings. The molecule has 0 saturated carbocycles. The van der Waals surface area contributed by atoms with E-state index in [4.69, 9.17) is 5.11 Å². The lowest BCUT2D eigenvalue weighted by Gasteiger charge is -2.02. The first-order chi connectivity index (χ1) is 5.04.